The number of methoxy groups -OCH3 is 1. The van der Waals surface area contributed by atoms with E-state index < -0.39 is 6.10 Å². The quantitative estimate of drug-likeness (QED) is 0.417. The molecule has 0 saturated carbocycles. The Morgan fingerprint density at radius 2 is 2.30 bits per heavy atom. The van der Waals surface area contributed by atoms with Crippen molar-refractivity contribution in [2.45, 2.75) is 19.4 Å². The lowest BCUT2D eigenvalue weighted by atomic mass is 10.3. The minimum Gasteiger partial charge on any atom is -0.469 e. The summed E-state index contributed by atoms with van der Waals surface area (Å²) >= 11 is 0. The van der Waals surface area contributed by atoms with E-state index in [-0.39, 0.29) is 12.4 Å². The molecule has 0 aliphatic carbocycles. The van der Waals surface area contributed by atoms with Crippen LogP contribution in [0.15, 0.2) is 0 Å². The van der Waals surface area contributed by atoms with Crippen LogP contribution in [0.1, 0.15) is 13.3 Å². The van der Waals surface area contributed by atoms with Gasteiger partial charge in [-0.25, -0.2) is 0 Å². The molecular formula is C6H10O4. The van der Waals surface area contributed by atoms with E-state index in [1.807, 2.05) is 0 Å². The molecule has 10 heavy (non-hydrogen) atoms. The summed E-state index contributed by atoms with van der Waals surface area (Å²) < 4.78 is 8.77. The Morgan fingerprint density at radius 3 is 2.70 bits per heavy atom. The third kappa shape index (κ3) is 3.88. The molecule has 0 saturated heterocycles. The SMILES string of the molecule is COC(=O)CC(C)OC=O. The van der Waals surface area contributed by atoms with Gasteiger partial charge in [0.25, 0.3) is 6.47 Å². The second-order valence-electron chi connectivity index (χ2n) is 1.82. The van der Waals surface area contributed by atoms with Crippen LogP contribution in [0.4, 0.5) is 0 Å². The largest absolute Gasteiger partial charge is 0.469 e. The lowest BCUT2D eigenvalue weighted by molar-refractivity contribution is -0.145. The summed E-state index contributed by atoms with van der Waals surface area (Å²) in [4.78, 5) is 20.2. The average Bonchev–Trinajstić information content (AvgIpc) is 1.88. The van der Waals surface area contributed by atoms with Gasteiger partial charge in [0.05, 0.1) is 13.5 Å². The van der Waals surface area contributed by atoms with Crippen LogP contribution in [0.5, 0.6) is 0 Å². The van der Waals surface area contributed by atoms with Crippen molar-refractivity contribution in [2.24, 2.45) is 0 Å². The maximum absolute atomic E-state index is 10.5. The number of hydrogen-bond acceptors (Lipinski definition) is 4. The molecule has 0 amide bonds. The van der Waals surface area contributed by atoms with Gasteiger partial charge in [-0.2, -0.15) is 0 Å². The van der Waals surface area contributed by atoms with Gasteiger partial charge in [-0.05, 0) is 6.92 Å². The van der Waals surface area contributed by atoms with E-state index >= 15 is 0 Å². The predicted molar refractivity (Wildman–Crippen MR) is 33.2 cm³/mol. The molecule has 58 valence electrons. The molecule has 0 spiro atoms. The van der Waals surface area contributed by atoms with E-state index in [2.05, 4.69) is 9.47 Å². The standard InChI is InChI=1S/C6H10O4/c1-5(10-4-7)3-6(8)9-2/h4-5H,3H2,1-2H3. The highest BCUT2D eigenvalue weighted by Gasteiger charge is 2.08. The molecule has 0 aliphatic rings. The molecule has 4 heteroatoms. The van der Waals surface area contributed by atoms with Gasteiger partial charge in [-0.15, -0.1) is 0 Å². The third-order valence-corrected chi connectivity index (χ3v) is 0.970. The van der Waals surface area contributed by atoms with Gasteiger partial charge in [0, 0.05) is 0 Å². The number of esters is 1. The Kier molecular flexibility index (Phi) is 4.28. The van der Waals surface area contributed by atoms with Crippen LogP contribution in [0, 0.1) is 0 Å². The number of ether oxygens (including phenoxy) is 2. The maximum Gasteiger partial charge on any atom is 0.309 e. The van der Waals surface area contributed by atoms with Gasteiger partial charge in [-0.3, -0.25) is 9.59 Å². The molecule has 0 bridgehead atoms. The maximum atomic E-state index is 10.5. The molecule has 1 unspecified atom stereocenters. The summed E-state index contributed by atoms with van der Waals surface area (Å²) in [5.41, 5.74) is 0. The predicted octanol–water partition coefficient (Wildman–Crippen LogP) is 0.111. The zero-order valence-corrected chi connectivity index (χ0v) is 5.99. The van der Waals surface area contributed by atoms with Crippen LogP contribution in [0.2, 0.25) is 0 Å². The fourth-order valence-corrected chi connectivity index (χ4v) is 0.461. The summed E-state index contributed by atoms with van der Waals surface area (Å²) in [5.74, 6) is -0.380. The van der Waals surface area contributed by atoms with E-state index in [1.54, 1.807) is 6.92 Å². The first-order valence-corrected chi connectivity index (χ1v) is 2.86. The van der Waals surface area contributed by atoms with Gasteiger partial charge in [0.15, 0.2) is 0 Å². The fraction of sp³-hybridized carbons (Fsp3) is 0.667. The van der Waals surface area contributed by atoms with Crippen molar-refractivity contribution >= 4 is 12.4 Å². The van der Waals surface area contributed by atoms with Crippen LogP contribution < -0.4 is 0 Å². The molecule has 1 atom stereocenters. The molecule has 0 aromatic carbocycles. The number of carbonyl (C=O) groups excluding carboxylic acids is 2. The minimum atomic E-state index is -0.398. The molecular weight excluding hydrogens is 136 g/mol. The van der Waals surface area contributed by atoms with Crippen LogP contribution >= 0.6 is 0 Å². The van der Waals surface area contributed by atoms with Crippen molar-refractivity contribution in [3.05, 3.63) is 0 Å². The molecule has 0 fully saturated rings. The lowest BCUT2D eigenvalue weighted by Gasteiger charge is -2.05. The normalized spacial score (nSPS) is 11.8. The van der Waals surface area contributed by atoms with Gasteiger partial charge in [0.1, 0.15) is 6.10 Å². The fourth-order valence-electron chi connectivity index (χ4n) is 0.461. The van der Waals surface area contributed by atoms with Crippen LogP contribution in [-0.2, 0) is 19.1 Å². The Bertz CT molecular complexity index is 121. The smallest absolute Gasteiger partial charge is 0.309 e. The van der Waals surface area contributed by atoms with Crippen molar-refractivity contribution in [3.8, 4) is 0 Å². The van der Waals surface area contributed by atoms with E-state index in [1.165, 1.54) is 7.11 Å². The highest BCUT2D eigenvalue weighted by molar-refractivity contribution is 5.69. The molecule has 0 rings (SSSR count). The van der Waals surface area contributed by atoms with Crippen LogP contribution in [0.25, 0.3) is 0 Å². The van der Waals surface area contributed by atoms with Gasteiger partial charge in [0.2, 0.25) is 0 Å². The monoisotopic (exact) mass is 146 g/mol. The van der Waals surface area contributed by atoms with Gasteiger partial charge in [-0.1, -0.05) is 0 Å². The lowest BCUT2D eigenvalue weighted by Crippen LogP contribution is -2.14. The number of hydrogen-bond donors (Lipinski definition) is 0. The van der Waals surface area contributed by atoms with E-state index in [9.17, 15) is 9.59 Å². The first-order valence-electron chi connectivity index (χ1n) is 2.86. The van der Waals surface area contributed by atoms with Crippen molar-refractivity contribution < 1.29 is 19.1 Å². The molecule has 0 heterocycles. The summed E-state index contributed by atoms with van der Waals surface area (Å²) in [5, 5.41) is 0. The minimum absolute atomic E-state index is 0.106. The Labute approximate surface area is 59.1 Å². The van der Waals surface area contributed by atoms with Crippen molar-refractivity contribution in [1.82, 2.24) is 0 Å². The molecule has 0 aliphatic heterocycles. The summed E-state index contributed by atoms with van der Waals surface area (Å²) in [6, 6.07) is 0. The van der Waals surface area contributed by atoms with Crippen molar-refractivity contribution in [2.75, 3.05) is 7.11 Å². The molecule has 4 nitrogen and oxygen atoms in total. The van der Waals surface area contributed by atoms with Gasteiger partial charge < -0.3 is 9.47 Å². The van der Waals surface area contributed by atoms with E-state index in [0.717, 1.165) is 0 Å². The summed E-state index contributed by atoms with van der Waals surface area (Å²) in [6.45, 7) is 1.93. The first-order chi connectivity index (χ1) is 4.70. The third-order valence-electron chi connectivity index (χ3n) is 0.970. The zero-order chi connectivity index (χ0) is 7.98. The number of carbonyl (C=O) groups is 2. The average molecular weight is 146 g/mol. The summed E-state index contributed by atoms with van der Waals surface area (Å²) in [6.07, 6.45) is -0.292. The molecule has 0 aromatic heterocycles. The van der Waals surface area contributed by atoms with E-state index in [0.29, 0.717) is 6.47 Å². The van der Waals surface area contributed by atoms with E-state index in [4.69, 9.17) is 0 Å². The second kappa shape index (κ2) is 4.78. The number of rotatable bonds is 4. The Morgan fingerprint density at radius 1 is 1.70 bits per heavy atom. The zero-order valence-electron chi connectivity index (χ0n) is 5.99. The Hall–Kier alpha value is -1.06. The van der Waals surface area contributed by atoms with Crippen molar-refractivity contribution in [3.63, 3.8) is 0 Å². The van der Waals surface area contributed by atoms with Crippen LogP contribution in [-0.4, -0.2) is 25.7 Å². The summed E-state index contributed by atoms with van der Waals surface area (Å²) in [7, 11) is 1.29. The van der Waals surface area contributed by atoms with Gasteiger partial charge >= 0.3 is 5.97 Å². The van der Waals surface area contributed by atoms with Crippen LogP contribution in [0.3, 0.4) is 0 Å². The first kappa shape index (κ1) is 8.94. The Balaban J connectivity index is 3.46. The molecule has 0 N–H and O–H groups in total. The molecule has 0 radical (unpaired) electrons. The molecule has 0 aromatic rings. The van der Waals surface area contributed by atoms with Crippen molar-refractivity contribution in [1.29, 1.82) is 0 Å². The highest BCUT2D eigenvalue weighted by atomic mass is 16.5. The second-order valence-corrected chi connectivity index (χ2v) is 1.82. The topological polar surface area (TPSA) is 52.6 Å². The highest BCUT2D eigenvalue weighted by Crippen LogP contribution is 1.95.